The third kappa shape index (κ3) is 5.12. The Kier molecular flexibility index (Phi) is 6.01. The number of para-hydroxylation sites is 1. The number of aromatic nitrogens is 1. The highest BCUT2D eigenvalue weighted by Crippen LogP contribution is 2.16. The lowest BCUT2D eigenvalue weighted by molar-refractivity contribution is 0.0734. The number of fused-ring (bicyclic) bond motifs is 1. The monoisotopic (exact) mass is 429 g/mol. The van der Waals surface area contributed by atoms with Crippen LogP contribution in [0.15, 0.2) is 90.0 Å². The van der Waals surface area contributed by atoms with Crippen LogP contribution in [0.5, 0.6) is 5.75 Å². The predicted molar refractivity (Wildman–Crippen MR) is 120 cm³/mol. The van der Waals surface area contributed by atoms with E-state index in [2.05, 4.69) is 15.5 Å². The molecule has 0 fully saturated rings. The summed E-state index contributed by atoms with van der Waals surface area (Å²) >= 11 is 5.89. The highest BCUT2D eigenvalue weighted by Gasteiger charge is 2.09. The summed E-state index contributed by atoms with van der Waals surface area (Å²) in [5, 5.41) is 5.38. The zero-order chi connectivity index (χ0) is 21.6. The van der Waals surface area contributed by atoms with Crippen molar-refractivity contribution >= 4 is 40.6 Å². The number of ether oxygens (including phenoxy) is 1. The Labute approximate surface area is 183 Å². The second kappa shape index (κ2) is 9.19. The molecule has 152 valence electrons. The van der Waals surface area contributed by atoms with E-state index in [1.165, 1.54) is 12.3 Å². The predicted octanol–water partition coefficient (Wildman–Crippen LogP) is 4.87. The van der Waals surface area contributed by atoms with Crippen LogP contribution in [0.4, 0.5) is 0 Å². The SMILES string of the molecule is O=C(Oc1ccc(/C=N/NC(=O)c2ccc3ccccc3n2)cc1)c1cccc(Cl)c1. The van der Waals surface area contributed by atoms with Crippen molar-refractivity contribution in [3.8, 4) is 5.75 Å². The number of rotatable bonds is 5. The zero-order valence-corrected chi connectivity index (χ0v) is 16.9. The first-order chi connectivity index (χ1) is 15.1. The third-order valence-corrected chi connectivity index (χ3v) is 4.60. The van der Waals surface area contributed by atoms with Crippen LogP contribution in [0.2, 0.25) is 5.02 Å². The van der Waals surface area contributed by atoms with Crippen molar-refractivity contribution < 1.29 is 14.3 Å². The Balaban J connectivity index is 1.35. The van der Waals surface area contributed by atoms with Gasteiger partial charge in [-0.05, 0) is 60.2 Å². The molecule has 0 unspecified atom stereocenters. The van der Waals surface area contributed by atoms with E-state index in [1.807, 2.05) is 30.3 Å². The van der Waals surface area contributed by atoms with Crippen molar-refractivity contribution in [2.75, 3.05) is 0 Å². The molecule has 4 aromatic rings. The van der Waals surface area contributed by atoms with Gasteiger partial charge in [0.2, 0.25) is 0 Å². The fourth-order valence-corrected chi connectivity index (χ4v) is 3.01. The van der Waals surface area contributed by atoms with Crippen LogP contribution in [0, 0.1) is 0 Å². The van der Waals surface area contributed by atoms with Gasteiger partial charge in [0.15, 0.2) is 0 Å². The molecule has 1 N–H and O–H groups in total. The van der Waals surface area contributed by atoms with E-state index in [0.717, 1.165) is 10.9 Å². The maximum Gasteiger partial charge on any atom is 0.343 e. The maximum atomic E-state index is 12.3. The number of esters is 1. The van der Waals surface area contributed by atoms with Gasteiger partial charge in [-0.3, -0.25) is 4.79 Å². The molecule has 1 heterocycles. The Morgan fingerprint density at radius 1 is 0.935 bits per heavy atom. The first-order valence-electron chi connectivity index (χ1n) is 9.35. The van der Waals surface area contributed by atoms with Crippen LogP contribution in [0.25, 0.3) is 10.9 Å². The fraction of sp³-hybridized carbons (Fsp3) is 0. The van der Waals surface area contributed by atoms with Gasteiger partial charge in [0.1, 0.15) is 11.4 Å². The number of benzene rings is 3. The minimum Gasteiger partial charge on any atom is -0.423 e. The quantitative estimate of drug-likeness (QED) is 0.212. The van der Waals surface area contributed by atoms with Gasteiger partial charge >= 0.3 is 5.97 Å². The summed E-state index contributed by atoms with van der Waals surface area (Å²) in [6.45, 7) is 0. The lowest BCUT2D eigenvalue weighted by Gasteiger charge is -2.05. The second-order valence-electron chi connectivity index (χ2n) is 6.56. The normalized spacial score (nSPS) is 10.9. The average Bonchev–Trinajstić information content (AvgIpc) is 2.80. The van der Waals surface area contributed by atoms with Gasteiger partial charge < -0.3 is 4.74 Å². The Hall–Kier alpha value is -4.03. The number of amides is 1. The molecule has 0 radical (unpaired) electrons. The van der Waals surface area contributed by atoms with E-state index in [9.17, 15) is 9.59 Å². The summed E-state index contributed by atoms with van der Waals surface area (Å²) in [7, 11) is 0. The van der Waals surface area contributed by atoms with E-state index in [-0.39, 0.29) is 5.69 Å². The van der Waals surface area contributed by atoms with Crippen LogP contribution in [-0.2, 0) is 0 Å². The number of hydrazone groups is 1. The average molecular weight is 430 g/mol. The van der Waals surface area contributed by atoms with Gasteiger partial charge in [0.05, 0.1) is 17.3 Å². The molecule has 0 spiro atoms. The molecule has 0 saturated carbocycles. The second-order valence-corrected chi connectivity index (χ2v) is 6.99. The van der Waals surface area contributed by atoms with Gasteiger partial charge in [-0.1, -0.05) is 41.9 Å². The molecule has 0 aliphatic heterocycles. The fourth-order valence-electron chi connectivity index (χ4n) is 2.82. The molecular formula is C24H16ClN3O3. The minimum atomic E-state index is -0.501. The van der Waals surface area contributed by atoms with Crippen LogP contribution in [0.3, 0.4) is 0 Å². The van der Waals surface area contributed by atoms with E-state index >= 15 is 0 Å². The van der Waals surface area contributed by atoms with Gasteiger partial charge in [0.25, 0.3) is 5.91 Å². The third-order valence-electron chi connectivity index (χ3n) is 4.36. The summed E-state index contributed by atoms with van der Waals surface area (Å²) in [4.78, 5) is 28.7. The largest absolute Gasteiger partial charge is 0.423 e. The number of nitrogens with one attached hydrogen (secondary N) is 1. The van der Waals surface area contributed by atoms with Crippen LogP contribution >= 0.6 is 11.6 Å². The molecular weight excluding hydrogens is 414 g/mol. The summed E-state index contributed by atoms with van der Waals surface area (Å²) < 4.78 is 5.33. The lowest BCUT2D eigenvalue weighted by Crippen LogP contribution is -2.18. The molecule has 0 saturated heterocycles. The molecule has 0 atom stereocenters. The molecule has 4 rings (SSSR count). The lowest BCUT2D eigenvalue weighted by atomic mass is 10.2. The number of halogens is 1. The molecule has 6 nitrogen and oxygen atoms in total. The van der Waals surface area contributed by atoms with Crippen LogP contribution in [0.1, 0.15) is 26.4 Å². The Morgan fingerprint density at radius 3 is 2.55 bits per heavy atom. The van der Waals surface area contributed by atoms with Crippen LogP contribution < -0.4 is 10.2 Å². The van der Waals surface area contributed by atoms with Crippen molar-refractivity contribution in [3.05, 3.63) is 107 Å². The highest BCUT2D eigenvalue weighted by molar-refractivity contribution is 6.30. The van der Waals surface area contributed by atoms with Gasteiger partial charge in [-0.2, -0.15) is 5.10 Å². The molecule has 7 heteroatoms. The number of hydrogen-bond donors (Lipinski definition) is 1. The first kappa shape index (κ1) is 20.3. The van der Waals surface area contributed by atoms with E-state index < -0.39 is 11.9 Å². The van der Waals surface area contributed by atoms with Crippen LogP contribution in [-0.4, -0.2) is 23.1 Å². The molecule has 0 aliphatic rings. The summed E-state index contributed by atoms with van der Waals surface area (Å²) in [6.07, 6.45) is 1.49. The number of carbonyl (C=O) groups is 2. The smallest absolute Gasteiger partial charge is 0.343 e. The van der Waals surface area contributed by atoms with Crippen molar-refractivity contribution in [1.29, 1.82) is 0 Å². The van der Waals surface area contributed by atoms with Gasteiger partial charge in [-0.15, -0.1) is 0 Å². The molecule has 31 heavy (non-hydrogen) atoms. The number of pyridine rings is 1. The topological polar surface area (TPSA) is 80.6 Å². The number of carbonyl (C=O) groups excluding carboxylic acids is 2. The Morgan fingerprint density at radius 2 is 1.74 bits per heavy atom. The van der Waals surface area contributed by atoms with Crippen molar-refractivity contribution in [3.63, 3.8) is 0 Å². The summed E-state index contributed by atoms with van der Waals surface area (Å²) in [5.74, 6) is -0.528. The molecule has 3 aromatic carbocycles. The molecule has 1 amide bonds. The molecule has 0 aliphatic carbocycles. The molecule has 0 bridgehead atoms. The molecule has 1 aromatic heterocycles. The van der Waals surface area contributed by atoms with E-state index in [4.69, 9.17) is 16.3 Å². The number of nitrogens with zero attached hydrogens (tertiary/aromatic N) is 2. The van der Waals surface area contributed by atoms with Crippen molar-refractivity contribution in [1.82, 2.24) is 10.4 Å². The van der Waals surface area contributed by atoms with E-state index in [0.29, 0.717) is 21.9 Å². The van der Waals surface area contributed by atoms with Crippen molar-refractivity contribution in [2.45, 2.75) is 0 Å². The van der Waals surface area contributed by atoms with Gasteiger partial charge in [0, 0.05) is 10.4 Å². The standard InChI is InChI=1S/C24H16ClN3O3/c25-19-6-3-5-18(14-19)24(30)31-20-11-8-16(9-12-20)15-26-28-23(29)22-13-10-17-4-1-2-7-21(17)27-22/h1-15H,(H,28,29)/b26-15+. The summed E-state index contributed by atoms with van der Waals surface area (Å²) in [5.41, 5.74) is 4.55. The van der Waals surface area contributed by atoms with Crippen molar-refractivity contribution in [2.24, 2.45) is 5.10 Å². The first-order valence-corrected chi connectivity index (χ1v) is 9.73. The zero-order valence-electron chi connectivity index (χ0n) is 16.2. The minimum absolute atomic E-state index is 0.277. The Bertz CT molecular complexity index is 1290. The highest BCUT2D eigenvalue weighted by atomic mass is 35.5. The van der Waals surface area contributed by atoms with Gasteiger partial charge in [-0.25, -0.2) is 15.2 Å². The van der Waals surface area contributed by atoms with E-state index in [1.54, 1.807) is 48.5 Å². The summed E-state index contributed by atoms with van der Waals surface area (Å²) in [6, 6.07) is 24.3. The number of hydrogen-bond acceptors (Lipinski definition) is 5. The maximum absolute atomic E-state index is 12.3.